The minimum Gasteiger partial charge on any atom is -0.466 e. The first-order valence-electron chi connectivity index (χ1n) is 15.3. The Morgan fingerprint density at radius 1 is 1.05 bits per heavy atom. The third kappa shape index (κ3) is 9.36. The van der Waals surface area contributed by atoms with Crippen molar-refractivity contribution in [3.63, 3.8) is 0 Å². The minimum absolute atomic E-state index is 0.0556. The molecular formula is C31H50O6S. The van der Waals surface area contributed by atoms with Gasteiger partial charge in [-0.3, -0.25) is 0 Å². The summed E-state index contributed by atoms with van der Waals surface area (Å²) >= 11 is 2.14. The van der Waals surface area contributed by atoms with Gasteiger partial charge in [-0.05, 0) is 76.5 Å². The lowest BCUT2D eigenvalue weighted by Gasteiger charge is -2.30. The first-order chi connectivity index (χ1) is 18.7. The maximum absolute atomic E-state index is 11.4. The number of hydrogen-bond donors (Lipinski definition) is 0. The summed E-state index contributed by atoms with van der Waals surface area (Å²) in [5, 5.41) is 1.25. The fraction of sp³-hybridized carbons (Fsp3) is 0.839. The van der Waals surface area contributed by atoms with Crippen LogP contribution in [0.3, 0.4) is 0 Å². The first-order valence-corrected chi connectivity index (χ1v) is 16.2. The van der Waals surface area contributed by atoms with Crippen molar-refractivity contribution in [2.75, 3.05) is 20.3 Å². The Hall–Kier alpha value is -0.860. The van der Waals surface area contributed by atoms with Crippen LogP contribution >= 0.6 is 11.8 Å². The third-order valence-electron chi connectivity index (χ3n) is 8.45. The molecule has 0 aromatic rings. The van der Waals surface area contributed by atoms with Crippen LogP contribution in [-0.2, 0) is 28.5 Å². The number of ether oxygens (including phenoxy) is 5. The van der Waals surface area contributed by atoms with Crippen molar-refractivity contribution in [1.29, 1.82) is 0 Å². The second-order valence-corrected chi connectivity index (χ2v) is 12.9. The zero-order valence-corrected chi connectivity index (χ0v) is 24.4. The molecule has 3 aliphatic heterocycles. The second kappa shape index (κ2) is 16.4. The molecule has 0 N–H and O–H groups in total. The lowest BCUT2D eigenvalue weighted by Crippen LogP contribution is -2.31. The molecule has 1 aliphatic carbocycles. The Kier molecular flexibility index (Phi) is 13.0. The zero-order chi connectivity index (χ0) is 26.6. The molecule has 4 fully saturated rings. The molecule has 3 heterocycles. The van der Waals surface area contributed by atoms with Crippen LogP contribution in [0, 0.1) is 11.8 Å². The molecule has 6 nitrogen and oxygen atoms in total. The summed E-state index contributed by atoms with van der Waals surface area (Å²) in [6, 6.07) is 0. The van der Waals surface area contributed by atoms with Crippen LogP contribution < -0.4 is 0 Å². The molecule has 0 bridgehead atoms. The molecule has 4 aliphatic rings. The number of allylic oxidation sites excluding steroid dienone is 1. The van der Waals surface area contributed by atoms with E-state index < -0.39 is 0 Å². The monoisotopic (exact) mass is 550 g/mol. The van der Waals surface area contributed by atoms with Gasteiger partial charge < -0.3 is 23.7 Å². The van der Waals surface area contributed by atoms with Crippen molar-refractivity contribution in [2.45, 2.75) is 132 Å². The molecule has 0 spiro atoms. The Balaban J connectivity index is 1.39. The second-order valence-electron chi connectivity index (χ2n) is 11.3. The van der Waals surface area contributed by atoms with E-state index in [4.69, 9.17) is 23.7 Å². The van der Waals surface area contributed by atoms with Crippen LogP contribution in [0.1, 0.15) is 96.8 Å². The SMILES string of the molecule is CCCCC[C@@H](/C=C/[C@@H]1[C@H]2CC(CC/C=C/C(=O)OC)S[C@@H]2C[C@H]1OC1CCCCO1)OC1CCCCO1. The summed E-state index contributed by atoms with van der Waals surface area (Å²) in [7, 11) is 1.42. The molecular weight excluding hydrogens is 500 g/mol. The van der Waals surface area contributed by atoms with Gasteiger partial charge in [-0.2, -0.15) is 11.8 Å². The minimum atomic E-state index is -0.273. The number of hydrogen-bond acceptors (Lipinski definition) is 7. The highest BCUT2D eigenvalue weighted by Gasteiger charge is 2.49. The smallest absolute Gasteiger partial charge is 0.330 e. The summed E-state index contributed by atoms with van der Waals surface area (Å²) in [5.74, 6) is 0.727. The van der Waals surface area contributed by atoms with Gasteiger partial charge in [0.05, 0.1) is 19.3 Å². The lowest BCUT2D eigenvalue weighted by molar-refractivity contribution is -0.192. The molecule has 4 rings (SSSR count). The van der Waals surface area contributed by atoms with Gasteiger partial charge >= 0.3 is 5.97 Å². The Morgan fingerprint density at radius 3 is 2.55 bits per heavy atom. The Labute approximate surface area is 234 Å². The maximum Gasteiger partial charge on any atom is 0.330 e. The average molecular weight is 551 g/mol. The van der Waals surface area contributed by atoms with Gasteiger partial charge in [0.15, 0.2) is 12.6 Å². The number of thioether (sulfide) groups is 1. The van der Waals surface area contributed by atoms with E-state index >= 15 is 0 Å². The number of fused-ring (bicyclic) bond motifs is 1. The summed E-state index contributed by atoms with van der Waals surface area (Å²) in [6.07, 6.45) is 24.1. The summed E-state index contributed by atoms with van der Waals surface area (Å²) in [6.45, 7) is 3.88. The lowest BCUT2D eigenvalue weighted by atomic mass is 9.89. The van der Waals surface area contributed by atoms with Crippen LogP contribution in [0.25, 0.3) is 0 Å². The number of carbonyl (C=O) groups is 1. The highest BCUT2D eigenvalue weighted by atomic mass is 32.2. The quantitative estimate of drug-likeness (QED) is 0.100. The number of esters is 1. The molecule has 0 aromatic carbocycles. The van der Waals surface area contributed by atoms with E-state index in [9.17, 15) is 4.79 Å². The Morgan fingerprint density at radius 2 is 1.84 bits per heavy atom. The highest BCUT2D eigenvalue weighted by Crippen LogP contribution is 2.53. The van der Waals surface area contributed by atoms with Crippen LogP contribution in [0.2, 0.25) is 0 Å². The number of unbranched alkanes of at least 4 members (excludes halogenated alkanes) is 2. The third-order valence-corrected chi connectivity index (χ3v) is 10.2. The topological polar surface area (TPSA) is 63.2 Å². The maximum atomic E-state index is 11.4. The van der Waals surface area contributed by atoms with Gasteiger partial charge in [0.1, 0.15) is 0 Å². The van der Waals surface area contributed by atoms with E-state index in [0.29, 0.717) is 22.3 Å². The van der Waals surface area contributed by atoms with Gasteiger partial charge in [0.25, 0.3) is 0 Å². The van der Waals surface area contributed by atoms with Crippen molar-refractivity contribution in [3.05, 3.63) is 24.3 Å². The predicted octanol–water partition coefficient (Wildman–Crippen LogP) is 6.97. The van der Waals surface area contributed by atoms with Gasteiger partial charge in [-0.1, -0.05) is 44.4 Å². The molecule has 0 amide bonds. The van der Waals surface area contributed by atoms with Gasteiger partial charge in [0.2, 0.25) is 0 Å². The number of rotatable bonds is 14. The first kappa shape index (κ1) is 30.1. The molecule has 1 saturated carbocycles. The summed E-state index contributed by atoms with van der Waals surface area (Å²) in [5.41, 5.74) is 0. The van der Waals surface area contributed by atoms with Gasteiger partial charge in [0, 0.05) is 35.7 Å². The molecule has 38 heavy (non-hydrogen) atoms. The highest BCUT2D eigenvalue weighted by molar-refractivity contribution is 8.00. The molecule has 0 radical (unpaired) electrons. The normalized spacial score (nSPS) is 34.6. The standard InChI is InChI=1S/C31H50O6S/c1-3-4-5-12-23(36-30-15-8-10-19-34-30)17-18-25-26-21-24(13-6-7-14-29(32)33-2)38-28(26)22-27(25)37-31-16-9-11-20-35-31/h7,14,17-18,23-28,30-31H,3-6,8-13,15-16,19-22H2,1-2H3/b14-7+,18-17+/t23-,24?,25+,26+,27+,28+,30?,31?/m0/s1. The van der Waals surface area contributed by atoms with E-state index in [0.717, 1.165) is 64.6 Å². The van der Waals surface area contributed by atoms with Crippen molar-refractivity contribution in [1.82, 2.24) is 0 Å². The van der Waals surface area contributed by atoms with Gasteiger partial charge in [-0.25, -0.2) is 4.79 Å². The largest absolute Gasteiger partial charge is 0.466 e. The van der Waals surface area contributed by atoms with Crippen LogP contribution in [0.4, 0.5) is 0 Å². The number of methoxy groups -OCH3 is 1. The molecule has 7 heteroatoms. The van der Waals surface area contributed by atoms with Crippen LogP contribution in [0.15, 0.2) is 24.3 Å². The molecule has 216 valence electrons. The van der Waals surface area contributed by atoms with Crippen molar-refractivity contribution in [3.8, 4) is 0 Å². The van der Waals surface area contributed by atoms with Crippen molar-refractivity contribution in [2.24, 2.45) is 11.8 Å². The fourth-order valence-corrected chi connectivity index (χ4v) is 8.26. The van der Waals surface area contributed by atoms with E-state index in [1.807, 2.05) is 6.08 Å². The average Bonchev–Trinajstić information content (AvgIpc) is 3.47. The predicted molar refractivity (Wildman–Crippen MR) is 152 cm³/mol. The van der Waals surface area contributed by atoms with Gasteiger partial charge in [-0.15, -0.1) is 0 Å². The van der Waals surface area contributed by atoms with E-state index in [1.165, 1.54) is 45.6 Å². The number of carbonyl (C=O) groups excluding carboxylic acids is 1. The molecule has 3 unspecified atom stereocenters. The van der Waals surface area contributed by atoms with E-state index in [1.54, 1.807) is 6.08 Å². The summed E-state index contributed by atoms with van der Waals surface area (Å²) in [4.78, 5) is 11.4. The van der Waals surface area contributed by atoms with Crippen LogP contribution in [0.5, 0.6) is 0 Å². The van der Waals surface area contributed by atoms with E-state index in [2.05, 4.69) is 30.8 Å². The zero-order valence-electron chi connectivity index (χ0n) is 23.6. The Bertz CT molecular complexity index is 745. The van der Waals surface area contributed by atoms with Crippen molar-refractivity contribution >= 4 is 17.7 Å². The molecule has 3 saturated heterocycles. The summed E-state index contributed by atoms with van der Waals surface area (Å²) < 4.78 is 29.7. The fourth-order valence-electron chi connectivity index (χ4n) is 6.37. The molecule has 0 aromatic heterocycles. The van der Waals surface area contributed by atoms with E-state index in [-0.39, 0.29) is 30.8 Å². The van der Waals surface area contributed by atoms with Crippen molar-refractivity contribution < 1.29 is 28.5 Å². The molecule has 8 atom stereocenters. The van der Waals surface area contributed by atoms with Crippen LogP contribution in [-0.4, -0.2) is 61.6 Å².